The van der Waals surface area contributed by atoms with E-state index in [1.54, 1.807) is 6.20 Å². The fraction of sp³-hybridized carbons (Fsp3) is 0.438. The molecular weight excluding hydrogens is 296 g/mol. The second-order valence-electron chi connectivity index (χ2n) is 5.15. The molecule has 1 N–H and O–H groups in total. The number of rotatable bonds is 6. The molecule has 6 heteroatoms. The first kappa shape index (κ1) is 16.5. The predicted octanol–water partition coefficient (Wildman–Crippen LogP) is 2.88. The van der Waals surface area contributed by atoms with Crippen molar-refractivity contribution < 1.29 is 4.79 Å². The second-order valence-corrected chi connectivity index (χ2v) is 6.14. The van der Waals surface area contributed by atoms with Gasteiger partial charge in [-0.2, -0.15) is 5.10 Å². The first-order valence-electron chi connectivity index (χ1n) is 7.40. The summed E-state index contributed by atoms with van der Waals surface area (Å²) in [6, 6.07) is 5.64. The van der Waals surface area contributed by atoms with Crippen molar-refractivity contribution in [2.45, 2.75) is 45.3 Å². The van der Waals surface area contributed by atoms with E-state index in [9.17, 15) is 4.79 Å². The van der Waals surface area contributed by atoms with Gasteiger partial charge in [0.1, 0.15) is 0 Å². The smallest absolute Gasteiger partial charge is 0.230 e. The Morgan fingerprint density at radius 2 is 2.18 bits per heavy atom. The van der Waals surface area contributed by atoms with E-state index >= 15 is 0 Å². The van der Waals surface area contributed by atoms with E-state index in [2.05, 4.69) is 22.3 Å². The molecule has 0 saturated carbocycles. The van der Waals surface area contributed by atoms with Crippen LogP contribution in [0.2, 0.25) is 0 Å². The molecule has 0 bridgehead atoms. The van der Waals surface area contributed by atoms with E-state index in [1.807, 2.05) is 43.7 Å². The molecule has 0 saturated heterocycles. The Hall–Kier alpha value is -1.82. The van der Waals surface area contributed by atoms with Gasteiger partial charge in [-0.3, -0.25) is 9.48 Å². The van der Waals surface area contributed by atoms with Gasteiger partial charge in [0, 0.05) is 24.0 Å². The number of nitrogens with one attached hydrogen (secondary N) is 1. The largest absolute Gasteiger partial charge is 0.349 e. The van der Waals surface area contributed by atoms with Crippen LogP contribution in [0.1, 0.15) is 36.8 Å². The molecule has 1 amide bonds. The van der Waals surface area contributed by atoms with Crippen LogP contribution in [0, 0.1) is 13.8 Å². The number of hydrogen-bond donors (Lipinski definition) is 1. The molecule has 2 rings (SSSR count). The first-order valence-corrected chi connectivity index (χ1v) is 8.38. The monoisotopic (exact) mass is 318 g/mol. The van der Waals surface area contributed by atoms with Gasteiger partial charge in [0.2, 0.25) is 5.91 Å². The summed E-state index contributed by atoms with van der Waals surface area (Å²) in [5.41, 5.74) is 3.20. The second kappa shape index (κ2) is 7.45. The van der Waals surface area contributed by atoms with Gasteiger partial charge in [0.15, 0.2) is 0 Å². The summed E-state index contributed by atoms with van der Waals surface area (Å²) in [6.45, 7) is 8.93. The van der Waals surface area contributed by atoms with Gasteiger partial charge in [-0.1, -0.05) is 17.8 Å². The van der Waals surface area contributed by atoms with Gasteiger partial charge in [-0.05, 0) is 39.8 Å². The van der Waals surface area contributed by atoms with Gasteiger partial charge < -0.3 is 5.32 Å². The number of carbonyl (C=O) groups excluding carboxylic acids is 1. The fourth-order valence-corrected chi connectivity index (χ4v) is 3.25. The lowest BCUT2D eigenvalue weighted by Gasteiger charge is -2.15. The molecule has 1 atom stereocenters. The van der Waals surface area contributed by atoms with Gasteiger partial charge >= 0.3 is 0 Å². The van der Waals surface area contributed by atoms with E-state index in [4.69, 9.17) is 0 Å². The number of pyridine rings is 1. The van der Waals surface area contributed by atoms with Crippen molar-refractivity contribution in [2.75, 3.05) is 5.75 Å². The summed E-state index contributed by atoms with van der Waals surface area (Å²) < 4.78 is 1.97. The maximum absolute atomic E-state index is 12.1. The van der Waals surface area contributed by atoms with Crippen molar-refractivity contribution in [1.82, 2.24) is 20.1 Å². The highest BCUT2D eigenvalue weighted by atomic mass is 32.2. The van der Waals surface area contributed by atoms with Gasteiger partial charge in [0.25, 0.3) is 0 Å². The minimum Gasteiger partial charge on any atom is -0.349 e. The molecule has 0 radical (unpaired) electrons. The maximum Gasteiger partial charge on any atom is 0.230 e. The Kier molecular flexibility index (Phi) is 5.60. The third kappa shape index (κ3) is 3.88. The summed E-state index contributed by atoms with van der Waals surface area (Å²) in [7, 11) is 0. The Morgan fingerprint density at radius 1 is 1.41 bits per heavy atom. The van der Waals surface area contributed by atoms with Gasteiger partial charge in [-0.25, -0.2) is 4.98 Å². The minimum atomic E-state index is -0.0443. The highest BCUT2D eigenvalue weighted by molar-refractivity contribution is 7.99. The van der Waals surface area contributed by atoms with Crippen LogP contribution in [-0.4, -0.2) is 26.4 Å². The maximum atomic E-state index is 12.1. The molecule has 0 unspecified atom stereocenters. The highest BCUT2D eigenvalue weighted by Gasteiger charge is 2.18. The molecule has 2 aromatic heterocycles. The first-order chi connectivity index (χ1) is 10.5. The normalized spacial score (nSPS) is 12.2. The molecule has 22 heavy (non-hydrogen) atoms. The molecule has 0 fully saturated rings. The molecule has 0 aliphatic heterocycles. The minimum absolute atomic E-state index is 0.00574. The molecule has 5 nitrogen and oxygen atoms in total. The Bertz CT molecular complexity index is 639. The lowest BCUT2D eigenvalue weighted by atomic mass is 10.1. The predicted molar refractivity (Wildman–Crippen MR) is 88.9 cm³/mol. The zero-order valence-corrected chi connectivity index (χ0v) is 14.3. The summed E-state index contributed by atoms with van der Waals surface area (Å²) in [5.74, 6) is 0.368. The average Bonchev–Trinajstić information content (AvgIpc) is 2.80. The highest BCUT2D eigenvalue weighted by Crippen LogP contribution is 2.22. The lowest BCUT2D eigenvalue weighted by Crippen LogP contribution is -2.28. The fourth-order valence-electron chi connectivity index (χ4n) is 2.57. The molecule has 2 heterocycles. The summed E-state index contributed by atoms with van der Waals surface area (Å²) in [6.07, 6.45) is 1.73. The number of amides is 1. The Morgan fingerprint density at radius 3 is 2.77 bits per heavy atom. The Labute approximate surface area is 135 Å². The van der Waals surface area contributed by atoms with Crippen LogP contribution < -0.4 is 5.32 Å². The van der Waals surface area contributed by atoms with Gasteiger partial charge in [0.05, 0.1) is 22.5 Å². The van der Waals surface area contributed by atoms with Crippen LogP contribution in [-0.2, 0) is 11.3 Å². The van der Waals surface area contributed by atoms with E-state index in [1.165, 1.54) is 11.8 Å². The Balaban J connectivity index is 1.95. The number of aryl methyl sites for hydroxylation is 2. The van der Waals surface area contributed by atoms with Crippen LogP contribution in [0.3, 0.4) is 0 Å². The molecule has 2 aromatic rings. The molecule has 0 spiro atoms. The van der Waals surface area contributed by atoms with Crippen LogP contribution in [0.15, 0.2) is 29.4 Å². The average molecular weight is 318 g/mol. The third-order valence-electron chi connectivity index (χ3n) is 3.54. The SMILES string of the molecule is CCn1nc(C)c([C@@H](C)NC(=O)CSc2ccccn2)c1C. The molecule has 0 aliphatic carbocycles. The topological polar surface area (TPSA) is 59.8 Å². The van der Waals surface area contributed by atoms with E-state index in [-0.39, 0.29) is 11.9 Å². The lowest BCUT2D eigenvalue weighted by molar-refractivity contribution is -0.119. The van der Waals surface area contributed by atoms with Crippen molar-refractivity contribution in [3.8, 4) is 0 Å². The summed E-state index contributed by atoms with van der Waals surface area (Å²) in [4.78, 5) is 16.3. The number of nitrogens with zero attached hydrogens (tertiary/aromatic N) is 3. The van der Waals surface area contributed by atoms with Crippen molar-refractivity contribution in [3.63, 3.8) is 0 Å². The molecular formula is C16H22N4OS. The number of carbonyl (C=O) groups is 1. The molecule has 0 aliphatic rings. The van der Waals surface area contributed by atoms with E-state index in [0.29, 0.717) is 5.75 Å². The number of thioether (sulfide) groups is 1. The zero-order valence-electron chi connectivity index (χ0n) is 13.5. The quantitative estimate of drug-likeness (QED) is 0.832. The van der Waals surface area contributed by atoms with Gasteiger partial charge in [-0.15, -0.1) is 0 Å². The van der Waals surface area contributed by atoms with Crippen LogP contribution in [0.25, 0.3) is 0 Å². The standard InChI is InChI=1S/C16H22N4OS/c1-5-20-13(4)16(12(3)19-20)11(2)18-14(21)10-22-15-8-6-7-9-17-15/h6-9,11H,5,10H2,1-4H3,(H,18,21)/t11-/m1/s1. The number of aromatic nitrogens is 3. The zero-order chi connectivity index (χ0) is 16.1. The van der Waals surface area contributed by atoms with Crippen LogP contribution >= 0.6 is 11.8 Å². The van der Waals surface area contributed by atoms with Crippen molar-refractivity contribution >= 4 is 17.7 Å². The van der Waals surface area contributed by atoms with Crippen molar-refractivity contribution in [2.24, 2.45) is 0 Å². The summed E-state index contributed by atoms with van der Waals surface area (Å²) >= 11 is 1.44. The van der Waals surface area contributed by atoms with Crippen molar-refractivity contribution in [1.29, 1.82) is 0 Å². The van der Waals surface area contributed by atoms with Crippen LogP contribution in [0.4, 0.5) is 0 Å². The van der Waals surface area contributed by atoms with E-state index < -0.39 is 0 Å². The van der Waals surface area contributed by atoms with E-state index in [0.717, 1.165) is 28.5 Å². The molecule has 0 aromatic carbocycles. The number of hydrogen-bond acceptors (Lipinski definition) is 4. The van der Waals surface area contributed by atoms with Crippen LogP contribution in [0.5, 0.6) is 0 Å². The molecule has 118 valence electrons. The summed E-state index contributed by atoms with van der Waals surface area (Å²) in [5, 5.41) is 8.40. The van der Waals surface area contributed by atoms with Crippen molar-refractivity contribution in [3.05, 3.63) is 41.3 Å². The third-order valence-corrected chi connectivity index (χ3v) is 4.48.